The Labute approximate surface area is 222 Å². The van der Waals surface area contributed by atoms with Crippen LogP contribution in [0.4, 0.5) is 5.69 Å². The van der Waals surface area contributed by atoms with E-state index in [1.54, 1.807) is 12.1 Å². The fourth-order valence-corrected chi connectivity index (χ4v) is 5.18. The van der Waals surface area contributed by atoms with Crippen molar-refractivity contribution < 1.29 is 9.72 Å². The summed E-state index contributed by atoms with van der Waals surface area (Å²) in [5, 5.41) is 18.6. The van der Waals surface area contributed by atoms with Gasteiger partial charge in [-0.15, -0.1) is 0 Å². The summed E-state index contributed by atoms with van der Waals surface area (Å²) in [6.07, 6.45) is 5.74. The van der Waals surface area contributed by atoms with Gasteiger partial charge in [-0.3, -0.25) is 24.3 Å². The average molecular weight is 537 g/mol. The lowest BCUT2D eigenvalue weighted by Gasteiger charge is -2.29. The predicted molar refractivity (Wildman–Crippen MR) is 143 cm³/mol. The van der Waals surface area contributed by atoms with Crippen molar-refractivity contribution in [2.24, 2.45) is 11.0 Å². The van der Waals surface area contributed by atoms with E-state index in [0.29, 0.717) is 10.0 Å². The Hall–Kier alpha value is -3.75. The van der Waals surface area contributed by atoms with Gasteiger partial charge in [-0.2, -0.15) is 5.10 Å². The smallest absolute Gasteiger partial charge is 0.285 e. The van der Waals surface area contributed by atoms with E-state index >= 15 is 0 Å². The van der Waals surface area contributed by atoms with Crippen LogP contribution in [0.1, 0.15) is 36.4 Å². The molecule has 2 aliphatic rings. The summed E-state index contributed by atoms with van der Waals surface area (Å²) in [6, 6.07) is 16.6. The van der Waals surface area contributed by atoms with Crippen molar-refractivity contribution in [1.29, 1.82) is 0 Å². The van der Waals surface area contributed by atoms with Crippen LogP contribution in [-0.2, 0) is 11.3 Å². The Kier molecular flexibility index (Phi) is 6.95. The molecular formula is C27H22Cl2N4O4. The van der Waals surface area contributed by atoms with Crippen molar-refractivity contribution in [1.82, 2.24) is 9.58 Å². The zero-order valence-corrected chi connectivity index (χ0v) is 21.1. The summed E-state index contributed by atoms with van der Waals surface area (Å²) in [4.78, 5) is 36.5. The maximum atomic E-state index is 13.6. The second kappa shape index (κ2) is 10.3. The lowest BCUT2D eigenvalue weighted by molar-refractivity contribution is -0.385. The highest BCUT2D eigenvalue weighted by molar-refractivity contribution is 6.30. The summed E-state index contributed by atoms with van der Waals surface area (Å²) >= 11 is 12.2. The number of hydrogen-bond acceptors (Lipinski definition) is 5. The first-order valence-corrected chi connectivity index (χ1v) is 12.5. The minimum atomic E-state index is -0.602. The maximum absolute atomic E-state index is 13.6. The van der Waals surface area contributed by atoms with Gasteiger partial charge in [-0.05, 0) is 66.3 Å². The number of pyridine rings is 1. The lowest BCUT2D eigenvalue weighted by Crippen LogP contribution is -2.35. The fourth-order valence-electron chi connectivity index (χ4n) is 4.93. The molecule has 0 saturated heterocycles. The molecule has 37 heavy (non-hydrogen) atoms. The molecule has 2 heterocycles. The van der Waals surface area contributed by atoms with Gasteiger partial charge in [0, 0.05) is 28.1 Å². The highest BCUT2D eigenvalue weighted by Crippen LogP contribution is 2.44. The normalized spacial score (nSPS) is 20.0. The van der Waals surface area contributed by atoms with Gasteiger partial charge in [-0.1, -0.05) is 47.5 Å². The largest absolute Gasteiger partial charge is 0.299 e. The first kappa shape index (κ1) is 24.9. The van der Waals surface area contributed by atoms with Crippen molar-refractivity contribution in [3.05, 3.63) is 114 Å². The van der Waals surface area contributed by atoms with Crippen LogP contribution in [0.5, 0.6) is 0 Å². The minimum absolute atomic E-state index is 0.0424. The fraction of sp³-hybridized carbons (Fsp3) is 0.222. The number of hydrazone groups is 1. The highest BCUT2D eigenvalue weighted by Gasteiger charge is 2.43. The Morgan fingerprint density at radius 3 is 2.41 bits per heavy atom. The molecule has 0 unspecified atom stereocenters. The molecule has 3 aromatic rings. The summed E-state index contributed by atoms with van der Waals surface area (Å²) < 4.78 is 1.05. The molecule has 1 aliphatic carbocycles. The van der Waals surface area contributed by atoms with Crippen molar-refractivity contribution in [2.75, 3.05) is 0 Å². The number of carbonyl (C=O) groups is 1. The number of nitro groups is 1. The third-order valence-electron chi connectivity index (χ3n) is 6.66. The van der Waals surface area contributed by atoms with Gasteiger partial charge in [0.2, 0.25) is 0 Å². The van der Waals surface area contributed by atoms with Crippen LogP contribution in [0.2, 0.25) is 10.0 Å². The number of aromatic nitrogens is 1. The van der Waals surface area contributed by atoms with Gasteiger partial charge in [-0.25, -0.2) is 5.01 Å². The average Bonchev–Trinajstić information content (AvgIpc) is 3.28. The molecule has 2 aromatic carbocycles. The van der Waals surface area contributed by atoms with Crippen LogP contribution in [0.3, 0.4) is 0 Å². The van der Waals surface area contributed by atoms with Crippen molar-refractivity contribution in [2.45, 2.75) is 31.8 Å². The van der Waals surface area contributed by atoms with Crippen LogP contribution in [-0.4, -0.2) is 26.1 Å². The predicted octanol–water partition coefficient (Wildman–Crippen LogP) is 5.89. The standard InChI is InChI=1S/C27H22Cl2N4O4/c28-20-8-4-17(5-9-20)14-19-2-1-3-23-26(19)30-32(27(23)18-6-10-21(29)11-7-18)25(35)16-31-15-22(33(36)37)12-13-24(31)34/h4-15,23,27H,1-3,16H2/b19-14-/t23-,27+/m0/s1. The minimum Gasteiger partial charge on any atom is -0.299 e. The van der Waals surface area contributed by atoms with Crippen LogP contribution < -0.4 is 5.56 Å². The molecule has 8 nitrogen and oxygen atoms in total. The van der Waals surface area contributed by atoms with Gasteiger partial charge in [0.1, 0.15) is 6.54 Å². The van der Waals surface area contributed by atoms with E-state index in [1.165, 1.54) is 5.01 Å². The molecule has 1 amide bonds. The van der Waals surface area contributed by atoms with Gasteiger partial charge in [0.25, 0.3) is 17.2 Å². The van der Waals surface area contributed by atoms with Crippen LogP contribution in [0.15, 0.2) is 82.3 Å². The molecule has 1 saturated carbocycles. The molecule has 1 fully saturated rings. The summed E-state index contributed by atoms with van der Waals surface area (Å²) in [7, 11) is 0. The molecule has 1 aliphatic heterocycles. The number of nitrogens with zero attached hydrogens (tertiary/aromatic N) is 4. The quantitative estimate of drug-likeness (QED) is 0.300. The van der Waals surface area contributed by atoms with Crippen LogP contribution in [0.25, 0.3) is 6.08 Å². The van der Waals surface area contributed by atoms with Crippen molar-refractivity contribution >= 4 is 46.6 Å². The Bertz CT molecular complexity index is 1480. The molecule has 10 heteroatoms. The van der Waals surface area contributed by atoms with Gasteiger partial charge >= 0.3 is 0 Å². The number of carbonyl (C=O) groups excluding carboxylic acids is 1. The molecule has 0 N–H and O–H groups in total. The second-order valence-corrected chi connectivity index (χ2v) is 9.92. The van der Waals surface area contributed by atoms with E-state index in [9.17, 15) is 19.7 Å². The Balaban J connectivity index is 1.53. The first-order chi connectivity index (χ1) is 17.8. The molecule has 0 bridgehead atoms. The van der Waals surface area contributed by atoms with E-state index < -0.39 is 16.4 Å². The summed E-state index contributed by atoms with van der Waals surface area (Å²) in [5.41, 5.74) is 2.96. The molecule has 1 aromatic heterocycles. The number of allylic oxidation sites excluding steroid dienone is 1. The monoisotopic (exact) mass is 536 g/mol. The lowest BCUT2D eigenvalue weighted by atomic mass is 9.77. The van der Waals surface area contributed by atoms with Gasteiger partial charge in [0.15, 0.2) is 0 Å². The van der Waals surface area contributed by atoms with Crippen LogP contribution >= 0.6 is 23.2 Å². The van der Waals surface area contributed by atoms with Gasteiger partial charge < -0.3 is 0 Å². The molecule has 0 radical (unpaired) electrons. The summed E-state index contributed by atoms with van der Waals surface area (Å²) in [5.74, 6) is -0.477. The Morgan fingerprint density at radius 1 is 1.05 bits per heavy atom. The number of rotatable bonds is 5. The number of benzene rings is 2. The third-order valence-corrected chi connectivity index (χ3v) is 7.17. The number of amides is 1. The number of hydrogen-bond donors (Lipinski definition) is 0. The maximum Gasteiger partial charge on any atom is 0.285 e. The zero-order valence-electron chi connectivity index (χ0n) is 19.6. The zero-order chi connectivity index (χ0) is 26.1. The third kappa shape index (κ3) is 5.21. The second-order valence-electron chi connectivity index (χ2n) is 9.05. The topological polar surface area (TPSA) is 97.8 Å². The Morgan fingerprint density at radius 2 is 1.73 bits per heavy atom. The number of fused-ring (bicyclic) bond motifs is 1. The van der Waals surface area contributed by atoms with Crippen LogP contribution in [0, 0.1) is 16.0 Å². The van der Waals surface area contributed by atoms with E-state index in [-0.39, 0.29) is 24.2 Å². The molecular weight excluding hydrogens is 515 g/mol. The van der Waals surface area contributed by atoms with Gasteiger partial charge in [0.05, 0.1) is 22.9 Å². The molecule has 5 rings (SSSR count). The van der Waals surface area contributed by atoms with Crippen molar-refractivity contribution in [3.8, 4) is 0 Å². The SMILES string of the molecule is O=C(Cn1cc([N+](=O)[O-])ccc1=O)N1N=C2/C(=C\c3ccc(Cl)cc3)CCC[C@@H]2[C@H]1c1ccc(Cl)cc1. The summed E-state index contributed by atoms with van der Waals surface area (Å²) in [6.45, 7) is -0.371. The van der Waals surface area contributed by atoms with Crippen molar-refractivity contribution in [3.63, 3.8) is 0 Å². The van der Waals surface area contributed by atoms with E-state index in [2.05, 4.69) is 6.08 Å². The van der Waals surface area contributed by atoms with E-state index in [0.717, 1.165) is 64.6 Å². The van der Waals surface area contributed by atoms with E-state index in [4.69, 9.17) is 28.3 Å². The molecule has 2 atom stereocenters. The molecule has 188 valence electrons. The first-order valence-electron chi connectivity index (χ1n) is 11.8. The van der Waals surface area contributed by atoms with E-state index in [1.807, 2.05) is 36.4 Å². The number of halogens is 2. The molecule has 0 spiro atoms. The highest BCUT2D eigenvalue weighted by atomic mass is 35.5.